The average molecular weight is 553 g/mol. The third-order valence-corrected chi connectivity index (χ3v) is 6.01. The van der Waals surface area contributed by atoms with Crippen LogP contribution in [0.5, 0.6) is 0 Å². The monoisotopic (exact) mass is 552 g/mol. The van der Waals surface area contributed by atoms with Crippen LogP contribution in [0.1, 0.15) is 31.1 Å². The minimum absolute atomic E-state index is 0.211. The molecule has 1 aliphatic rings. The molecule has 0 aromatic heterocycles. The fourth-order valence-electron chi connectivity index (χ4n) is 3.52. The second-order valence-corrected chi connectivity index (χ2v) is 8.62. The Morgan fingerprint density at radius 3 is 1.64 bits per heavy atom. The van der Waals surface area contributed by atoms with Crippen molar-refractivity contribution in [2.75, 3.05) is 6.61 Å². The molecule has 0 radical (unpaired) electrons. The van der Waals surface area contributed by atoms with Crippen molar-refractivity contribution in [1.82, 2.24) is 0 Å². The summed E-state index contributed by atoms with van der Waals surface area (Å²) in [7, 11) is 0. The molecule has 0 saturated carbocycles. The normalized spacial score (nSPS) is 21.3. The van der Waals surface area contributed by atoms with Gasteiger partial charge in [0.1, 0.15) is 12.7 Å². The molecule has 184 valence electrons. The number of halogens is 1. The van der Waals surface area contributed by atoms with Crippen molar-refractivity contribution in [3.8, 4) is 0 Å². The lowest BCUT2D eigenvalue weighted by atomic mass is 10.0. The van der Waals surface area contributed by atoms with Gasteiger partial charge in [0.15, 0.2) is 11.1 Å². The van der Waals surface area contributed by atoms with E-state index in [-0.39, 0.29) is 17.7 Å². The van der Waals surface area contributed by atoms with Crippen LogP contribution < -0.4 is 0 Å². The Balaban J connectivity index is 1.58. The molecule has 36 heavy (non-hydrogen) atoms. The molecule has 1 fully saturated rings. The molecule has 0 bridgehead atoms. The molecule has 1 heterocycles. The van der Waals surface area contributed by atoms with Gasteiger partial charge in [0.2, 0.25) is 11.9 Å². The smallest absolute Gasteiger partial charge is 0.338 e. The van der Waals surface area contributed by atoms with Crippen molar-refractivity contribution in [3.63, 3.8) is 0 Å². The third kappa shape index (κ3) is 6.05. The van der Waals surface area contributed by atoms with Crippen LogP contribution in [0.4, 0.5) is 0 Å². The molecule has 3 aromatic rings. The number of rotatable bonds is 7. The van der Waals surface area contributed by atoms with Gasteiger partial charge in [0.05, 0.1) is 16.7 Å². The van der Waals surface area contributed by atoms with Crippen LogP contribution in [0.25, 0.3) is 0 Å². The first-order valence-electron chi connectivity index (χ1n) is 11.0. The molecule has 1 aliphatic heterocycles. The van der Waals surface area contributed by atoms with E-state index in [2.05, 4.69) is 15.9 Å². The van der Waals surface area contributed by atoms with Gasteiger partial charge in [0.25, 0.3) is 0 Å². The molecule has 3 aromatic carbocycles. The number of Topliss-reactive ketones (excluding diaryl/α,β-unsaturated/α-hetero) is 1. The number of hydrogen-bond acceptors (Lipinski definition) is 8. The highest BCUT2D eigenvalue weighted by molar-refractivity contribution is 9.09. The number of ketones is 1. The van der Waals surface area contributed by atoms with E-state index in [1.165, 1.54) is 24.3 Å². The predicted molar refractivity (Wildman–Crippen MR) is 131 cm³/mol. The fourth-order valence-corrected chi connectivity index (χ4v) is 4.06. The van der Waals surface area contributed by atoms with Crippen molar-refractivity contribution in [2.45, 2.75) is 23.3 Å². The number of alkyl halides is 1. The van der Waals surface area contributed by atoms with E-state index < -0.39 is 47.0 Å². The Hall–Kier alpha value is -3.82. The lowest BCUT2D eigenvalue weighted by Crippen LogP contribution is -2.58. The quantitative estimate of drug-likeness (QED) is 0.246. The van der Waals surface area contributed by atoms with Crippen molar-refractivity contribution in [3.05, 3.63) is 108 Å². The van der Waals surface area contributed by atoms with Gasteiger partial charge >= 0.3 is 17.9 Å². The van der Waals surface area contributed by atoms with Gasteiger partial charge in [-0.3, -0.25) is 4.79 Å². The maximum Gasteiger partial charge on any atom is 0.338 e. The number of esters is 3. The summed E-state index contributed by atoms with van der Waals surface area (Å²) in [5.41, 5.74) is 0.742. The summed E-state index contributed by atoms with van der Waals surface area (Å²) in [5.74, 6) is -2.83. The van der Waals surface area contributed by atoms with E-state index in [0.29, 0.717) is 5.56 Å². The highest BCUT2D eigenvalue weighted by Gasteiger charge is 2.49. The zero-order valence-electron chi connectivity index (χ0n) is 18.8. The summed E-state index contributed by atoms with van der Waals surface area (Å²) < 4.78 is 22.2. The number of hydrogen-bond donors (Lipinski definition) is 0. The van der Waals surface area contributed by atoms with Crippen LogP contribution in [0, 0.1) is 0 Å². The molecular weight excluding hydrogens is 532 g/mol. The molecule has 8 nitrogen and oxygen atoms in total. The van der Waals surface area contributed by atoms with Crippen molar-refractivity contribution >= 4 is 39.6 Å². The summed E-state index contributed by atoms with van der Waals surface area (Å²) in [4.78, 5) is 51.1. The van der Waals surface area contributed by atoms with Crippen LogP contribution >= 0.6 is 15.9 Å². The summed E-state index contributed by atoms with van der Waals surface area (Å²) in [6.07, 6.45) is -4.00. The Labute approximate surface area is 215 Å². The van der Waals surface area contributed by atoms with E-state index in [1.807, 2.05) is 0 Å². The second-order valence-electron chi connectivity index (χ2n) is 7.79. The SMILES string of the molecule is O=C(OC[C@@H]1O[C@H](Br)C(=O)[C@H](OC(=O)c2ccccc2)[C@@H]1OC(=O)c1ccccc1)c1ccccc1. The molecule has 0 amide bonds. The van der Waals surface area contributed by atoms with E-state index >= 15 is 0 Å². The number of carbonyl (C=O) groups excluding carboxylic acids is 4. The van der Waals surface area contributed by atoms with Crippen LogP contribution in [-0.2, 0) is 23.7 Å². The molecule has 0 aliphatic carbocycles. The highest BCUT2D eigenvalue weighted by atomic mass is 79.9. The Kier molecular flexibility index (Phi) is 8.24. The topological polar surface area (TPSA) is 105 Å². The summed E-state index contributed by atoms with van der Waals surface area (Å²) >= 11 is 3.13. The summed E-state index contributed by atoms with van der Waals surface area (Å²) in [6.45, 7) is -0.366. The molecule has 0 spiro atoms. The van der Waals surface area contributed by atoms with E-state index in [9.17, 15) is 19.2 Å². The van der Waals surface area contributed by atoms with Gasteiger partial charge in [0, 0.05) is 0 Å². The van der Waals surface area contributed by atoms with Crippen LogP contribution in [0.15, 0.2) is 91.0 Å². The van der Waals surface area contributed by atoms with E-state index in [1.54, 1.807) is 66.7 Å². The molecule has 4 rings (SSSR count). The van der Waals surface area contributed by atoms with Gasteiger partial charge in [-0.15, -0.1) is 0 Å². The zero-order chi connectivity index (χ0) is 25.5. The zero-order valence-corrected chi connectivity index (χ0v) is 20.4. The Morgan fingerprint density at radius 1 is 0.694 bits per heavy atom. The lowest BCUT2D eigenvalue weighted by Gasteiger charge is -2.37. The van der Waals surface area contributed by atoms with Gasteiger partial charge in [-0.2, -0.15) is 0 Å². The van der Waals surface area contributed by atoms with Crippen LogP contribution in [-0.4, -0.2) is 53.6 Å². The van der Waals surface area contributed by atoms with Gasteiger partial charge < -0.3 is 18.9 Å². The Bertz CT molecular complexity index is 1220. The minimum Gasteiger partial charge on any atom is -0.459 e. The average Bonchev–Trinajstić information content (AvgIpc) is 2.92. The second kappa shape index (κ2) is 11.7. The molecule has 9 heteroatoms. The number of benzene rings is 3. The van der Waals surface area contributed by atoms with Crippen LogP contribution in [0.3, 0.4) is 0 Å². The van der Waals surface area contributed by atoms with Crippen LogP contribution in [0.2, 0.25) is 0 Å². The van der Waals surface area contributed by atoms with Gasteiger partial charge in [-0.05, 0) is 52.3 Å². The summed E-state index contributed by atoms with van der Waals surface area (Å²) in [6, 6.07) is 24.5. The molecular formula is C27H21BrO8. The highest BCUT2D eigenvalue weighted by Crippen LogP contribution is 2.28. The first-order chi connectivity index (χ1) is 17.4. The molecule has 0 unspecified atom stereocenters. The largest absolute Gasteiger partial charge is 0.459 e. The van der Waals surface area contributed by atoms with Crippen molar-refractivity contribution in [1.29, 1.82) is 0 Å². The maximum atomic E-state index is 13.0. The van der Waals surface area contributed by atoms with Crippen molar-refractivity contribution < 1.29 is 38.1 Å². The minimum atomic E-state index is -1.51. The standard InChI is InChI=1S/C27H21BrO8/c28-24-21(29)23(36-27(32)19-14-8-3-9-15-19)22(35-26(31)18-12-6-2-7-13-18)20(34-24)16-33-25(30)17-10-4-1-5-11-17/h1-15,20,22-24H,16H2/t20-,22+,23-,24-/m0/s1. The molecule has 4 atom stereocenters. The fraction of sp³-hybridized carbons (Fsp3) is 0.185. The van der Waals surface area contributed by atoms with Gasteiger partial charge in [-0.1, -0.05) is 54.6 Å². The molecule has 1 saturated heterocycles. The van der Waals surface area contributed by atoms with Gasteiger partial charge in [-0.25, -0.2) is 14.4 Å². The lowest BCUT2D eigenvalue weighted by molar-refractivity contribution is -0.176. The molecule has 0 N–H and O–H groups in total. The number of ether oxygens (including phenoxy) is 4. The first kappa shape index (κ1) is 25.3. The third-order valence-electron chi connectivity index (χ3n) is 5.35. The number of carbonyl (C=O) groups is 4. The van der Waals surface area contributed by atoms with E-state index in [0.717, 1.165) is 0 Å². The first-order valence-corrected chi connectivity index (χ1v) is 11.9. The predicted octanol–water partition coefficient (Wildman–Crippen LogP) is 3.98. The summed E-state index contributed by atoms with van der Waals surface area (Å²) in [5, 5.41) is -1.18. The van der Waals surface area contributed by atoms with Crippen molar-refractivity contribution in [2.24, 2.45) is 0 Å². The van der Waals surface area contributed by atoms with E-state index in [4.69, 9.17) is 18.9 Å². The maximum absolute atomic E-state index is 13.0. The Morgan fingerprint density at radius 2 is 1.14 bits per heavy atom.